The second kappa shape index (κ2) is 9.83. The molecule has 0 saturated heterocycles. The van der Waals surface area contributed by atoms with E-state index in [9.17, 15) is 0 Å². The minimum Gasteiger partial charge on any atom is -0.456 e. The first-order valence-electron chi connectivity index (χ1n) is 15.4. The van der Waals surface area contributed by atoms with E-state index in [0.717, 1.165) is 65.8 Å². The van der Waals surface area contributed by atoms with Gasteiger partial charge in [0.25, 0.3) is 0 Å². The number of rotatable bonds is 3. The van der Waals surface area contributed by atoms with Crippen molar-refractivity contribution in [2.45, 2.75) is 0 Å². The summed E-state index contributed by atoms with van der Waals surface area (Å²) in [6.07, 6.45) is 0. The first-order valence-corrected chi connectivity index (χ1v) is 16.2. The van der Waals surface area contributed by atoms with E-state index in [1.807, 2.05) is 18.2 Å². The number of nitrogens with zero attached hydrogens (tertiary/aromatic N) is 2. The van der Waals surface area contributed by atoms with Crippen molar-refractivity contribution in [1.82, 2.24) is 9.97 Å². The lowest BCUT2D eigenvalue weighted by atomic mass is 9.93. The predicted octanol–water partition coefficient (Wildman–Crippen LogP) is 12.1. The smallest absolute Gasteiger partial charge is 0.160 e. The molecule has 0 aliphatic carbocycles. The molecule has 7 aromatic carbocycles. The Hall–Kier alpha value is -5.84. The Morgan fingerprint density at radius 1 is 0.478 bits per heavy atom. The van der Waals surface area contributed by atoms with Gasteiger partial charge in [-0.05, 0) is 63.0 Å². The van der Waals surface area contributed by atoms with Gasteiger partial charge in [0.2, 0.25) is 0 Å². The highest BCUT2D eigenvalue weighted by molar-refractivity contribution is 7.26. The Kier molecular flexibility index (Phi) is 5.45. The maximum Gasteiger partial charge on any atom is 0.160 e. The van der Waals surface area contributed by atoms with Crippen molar-refractivity contribution in [3.8, 4) is 33.8 Å². The van der Waals surface area contributed by atoms with Gasteiger partial charge >= 0.3 is 0 Å². The molecule has 0 aliphatic heterocycles. The van der Waals surface area contributed by atoms with Crippen LogP contribution in [0.2, 0.25) is 0 Å². The van der Waals surface area contributed by atoms with Crippen LogP contribution in [0.3, 0.4) is 0 Å². The van der Waals surface area contributed by atoms with Crippen LogP contribution in [-0.2, 0) is 0 Å². The quantitative estimate of drug-likeness (QED) is 0.188. The summed E-state index contributed by atoms with van der Waals surface area (Å²) in [5, 5.41) is 8.29. The molecule has 0 atom stereocenters. The Labute approximate surface area is 268 Å². The van der Waals surface area contributed by atoms with E-state index in [0.29, 0.717) is 0 Å². The molecule has 0 aliphatic rings. The van der Waals surface area contributed by atoms with Crippen LogP contribution in [0.25, 0.3) is 97.6 Å². The van der Waals surface area contributed by atoms with E-state index >= 15 is 0 Å². The molecule has 46 heavy (non-hydrogen) atoms. The van der Waals surface area contributed by atoms with Gasteiger partial charge in [-0.2, -0.15) is 0 Å². The SMILES string of the molecule is c1ccc(-c2nc(-c3cccc4oc5cc(-c6cc7ccccc7c7ccccc67)ccc5c34)c3sc4ccccc4c3n2)cc1. The van der Waals surface area contributed by atoms with Crippen LogP contribution >= 0.6 is 11.3 Å². The summed E-state index contributed by atoms with van der Waals surface area (Å²) in [7, 11) is 0. The maximum absolute atomic E-state index is 6.62. The number of benzene rings is 7. The molecule has 0 fully saturated rings. The first-order chi connectivity index (χ1) is 22.8. The number of thiophene rings is 1. The van der Waals surface area contributed by atoms with Crippen LogP contribution < -0.4 is 0 Å². The zero-order valence-corrected chi connectivity index (χ0v) is 25.4. The molecule has 3 heterocycles. The summed E-state index contributed by atoms with van der Waals surface area (Å²) in [6.45, 7) is 0. The summed E-state index contributed by atoms with van der Waals surface area (Å²) >= 11 is 1.75. The average molecular weight is 605 g/mol. The Morgan fingerprint density at radius 2 is 1.24 bits per heavy atom. The molecule has 10 aromatic rings. The Bertz CT molecular complexity index is 2810. The van der Waals surface area contributed by atoms with E-state index in [2.05, 4.69) is 127 Å². The molecule has 0 N–H and O–H groups in total. The van der Waals surface area contributed by atoms with Crippen LogP contribution in [0.5, 0.6) is 0 Å². The van der Waals surface area contributed by atoms with Crippen molar-refractivity contribution >= 4 is 75.1 Å². The lowest BCUT2D eigenvalue weighted by Crippen LogP contribution is -1.93. The third kappa shape index (κ3) is 3.77. The van der Waals surface area contributed by atoms with Gasteiger partial charge in [-0.15, -0.1) is 11.3 Å². The third-order valence-corrected chi connectivity index (χ3v) is 10.2. The Morgan fingerprint density at radius 3 is 2.13 bits per heavy atom. The van der Waals surface area contributed by atoms with Gasteiger partial charge in [0.05, 0.1) is 15.9 Å². The fourth-order valence-electron chi connectivity index (χ4n) is 6.97. The van der Waals surface area contributed by atoms with E-state index in [1.54, 1.807) is 11.3 Å². The molecule has 3 nitrogen and oxygen atoms in total. The lowest BCUT2D eigenvalue weighted by molar-refractivity contribution is 0.669. The van der Waals surface area contributed by atoms with Gasteiger partial charge in [-0.1, -0.05) is 115 Å². The van der Waals surface area contributed by atoms with Crippen LogP contribution in [0.4, 0.5) is 0 Å². The monoisotopic (exact) mass is 604 g/mol. The summed E-state index contributed by atoms with van der Waals surface area (Å²) < 4.78 is 8.91. The Balaban J connectivity index is 1.23. The van der Waals surface area contributed by atoms with Crippen molar-refractivity contribution in [3.05, 3.63) is 146 Å². The van der Waals surface area contributed by atoms with Crippen LogP contribution in [0.1, 0.15) is 0 Å². The van der Waals surface area contributed by atoms with Crippen LogP contribution in [-0.4, -0.2) is 9.97 Å². The fraction of sp³-hybridized carbons (Fsp3) is 0. The van der Waals surface area contributed by atoms with Crippen molar-refractivity contribution in [3.63, 3.8) is 0 Å². The zero-order chi connectivity index (χ0) is 30.2. The number of fused-ring (bicyclic) bond motifs is 9. The van der Waals surface area contributed by atoms with Crippen molar-refractivity contribution in [1.29, 1.82) is 0 Å². The zero-order valence-electron chi connectivity index (χ0n) is 24.6. The van der Waals surface area contributed by atoms with E-state index < -0.39 is 0 Å². The molecule has 0 radical (unpaired) electrons. The van der Waals surface area contributed by atoms with E-state index in [1.165, 1.54) is 31.8 Å². The normalized spacial score (nSPS) is 11.9. The molecule has 4 heteroatoms. The van der Waals surface area contributed by atoms with Gasteiger partial charge in [0, 0.05) is 32.0 Å². The largest absolute Gasteiger partial charge is 0.456 e. The second-order valence-electron chi connectivity index (χ2n) is 11.7. The maximum atomic E-state index is 6.62. The van der Waals surface area contributed by atoms with Gasteiger partial charge in [0.15, 0.2) is 5.82 Å². The van der Waals surface area contributed by atoms with Gasteiger partial charge < -0.3 is 4.42 Å². The topological polar surface area (TPSA) is 38.9 Å². The molecule has 0 bridgehead atoms. The molecular weight excluding hydrogens is 581 g/mol. The fourth-order valence-corrected chi connectivity index (χ4v) is 8.12. The summed E-state index contributed by atoms with van der Waals surface area (Å²) in [5.74, 6) is 0.724. The minimum absolute atomic E-state index is 0.724. The van der Waals surface area contributed by atoms with E-state index in [-0.39, 0.29) is 0 Å². The average Bonchev–Trinajstić information content (AvgIpc) is 3.69. The molecular formula is C42H24N2OS. The molecule has 0 unspecified atom stereocenters. The van der Waals surface area contributed by atoms with E-state index in [4.69, 9.17) is 14.4 Å². The van der Waals surface area contributed by atoms with Crippen molar-refractivity contribution < 1.29 is 4.42 Å². The summed E-state index contributed by atoms with van der Waals surface area (Å²) in [4.78, 5) is 10.4. The lowest BCUT2D eigenvalue weighted by Gasteiger charge is -2.11. The van der Waals surface area contributed by atoms with Gasteiger partial charge in [0.1, 0.15) is 11.2 Å². The highest BCUT2D eigenvalue weighted by Crippen LogP contribution is 2.44. The standard InChI is InChI=1S/C42H24N2OS/c1-2-11-25(12-3-1)42-43-39-32-17-8-9-20-37(32)46-41(39)40(44-42)33-18-10-19-35-38(33)31-22-21-27(24-36(31)45-35)34-23-26-13-4-5-14-28(26)29-15-6-7-16-30(29)34/h1-24H. The molecule has 0 spiro atoms. The minimum atomic E-state index is 0.724. The highest BCUT2D eigenvalue weighted by Gasteiger charge is 2.21. The third-order valence-electron chi connectivity index (χ3n) is 9.08. The summed E-state index contributed by atoms with van der Waals surface area (Å²) in [5.41, 5.74) is 8.02. The first kappa shape index (κ1) is 25.5. The number of furan rings is 1. The number of hydrogen-bond donors (Lipinski definition) is 0. The molecule has 0 amide bonds. The van der Waals surface area contributed by atoms with Crippen LogP contribution in [0, 0.1) is 0 Å². The molecule has 0 saturated carbocycles. The number of hydrogen-bond acceptors (Lipinski definition) is 4. The molecule has 214 valence electrons. The van der Waals surface area contributed by atoms with Gasteiger partial charge in [-0.25, -0.2) is 9.97 Å². The van der Waals surface area contributed by atoms with Gasteiger partial charge in [-0.3, -0.25) is 0 Å². The van der Waals surface area contributed by atoms with Crippen molar-refractivity contribution in [2.24, 2.45) is 0 Å². The van der Waals surface area contributed by atoms with Crippen LogP contribution in [0.15, 0.2) is 150 Å². The second-order valence-corrected chi connectivity index (χ2v) is 12.8. The number of aromatic nitrogens is 2. The molecule has 3 aromatic heterocycles. The summed E-state index contributed by atoms with van der Waals surface area (Å²) in [6, 6.07) is 51.3. The highest BCUT2D eigenvalue weighted by atomic mass is 32.1. The van der Waals surface area contributed by atoms with Crippen molar-refractivity contribution in [2.75, 3.05) is 0 Å². The predicted molar refractivity (Wildman–Crippen MR) is 194 cm³/mol. The molecule has 10 rings (SSSR count).